The number of carbonyl (C=O) groups excluding carboxylic acids is 1. The van der Waals surface area contributed by atoms with Crippen molar-refractivity contribution in [1.82, 2.24) is 9.80 Å². The Hall–Kier alpha value is -1.30. The molecule has 1 heterocycles. The molecule has 0 spiro atoms. The van der Waals surface area contributed by atoms with E-state index in [9.17, 15) is 19.8 Å². The van der Waals surface area contributed by atoms with Crippen LogP contribution in [-0.4, -0.2) is 64.3 Å². The van der Waals surface area contributed by atoms with Crippen molar-refractivity contribution in [2.75, 3.05) is 20.1 Å². The predicted octanol–water partition coefficient (Wildman–Crippen LogP) is 1.14. The molecular weight excluding hydrogens is 248 g/mol. The third kappa shape index (κ3) is 4.70. The van der Waals surface area contributed by atoms with Gasteiger partial charge in [-0.05, 0) is 26.2 Å². The van der Waals surface area contributed by atoms with Crippen molar-refractivity contribution in [2.24, 2.45) is 0 Å². The molecule has 1 fully saturated rings. The van der Waals surface area contributed by atoms with E-state index in [4.69, 9.17) is 0 Å². The summed E-state index contributed by atoms with van der Waals surface area (Å²) in [6, 6.07) is -0.973. The van der Waals surface area contributed by atoms with E-state index in [2.05, 4.69) is 0 Å². The van der Waals surface area contributed by atoms with Crippen molar-refractivity contribution >= 4 is 12.0 Å². The maximum Gasteiger partial charge on any atom is 0.326 e. The molecule has 0 radical (unpaired) electrons. The van der Waals surface area contributed by atoms with Gasteiger partial charge >= 0.3 is 12.0 Å². The molecule has 1 aliphatic rings. The van der Waals surface area contributed by atoms with Crippen LogP contribution in [0.15, 0.2) is 0 Å². The Bertz CT molecular complexity index is 320. The van der Waals surface area contributed by atoms with Gasteiger partial charge in [0.15, 0.2) is 0 Å². The number of aliphatic carboxylic acids is 1. The molecule has 1 saturated heterocycles. The lowest BCUT2D eigenvalue weighted by Gasteiger charge is -2.31. The molecule has 0 aromatic carbocycles. The number of aliphatic hydroxyl groups is 1. The van der Waals surface area contributed by atoms with Crippen molar-refractivity contribution < 1.29 is 19.8 Å². The van der Waals surface area contributed by atoms with Gasteiger partial charge in [-0.1, -0.05) is 12.8 Å². The van der Waals surface area contributed by atoms with Gasteiger partial charge in [0.25, 0.3) is 0 Å². The molecule has 0 aliphatic carbocycles. The second-order valence-electron chi connectivity index (χ2n) is 5.24. The SMILES string of the molecule is CC(O)CCN(C)C(=O)N1CCCCCC1C(=O)O. The first-order valence-corrected chi connectivity index (χ1v) is 6.86. The second kappa shape index (κ2) is 7.33. The average molecular weight is 272 g/mol. The molecule has 2 N–H and O–H groups in total. The number of rotatable bonds is 4. The Morgan fingerprint density at radius 1 is 1.37 bits per heavy atom. The number of urea groups is 1. The number of hydrogen-bond acceptors (Lipinski definition) is 3. The third-order valence-corrected chi connectivity index (χ3v) is 3.49. The zero-order valence-electron chi connectivity index (χ0n) is 11.7. The van der Waals surface area contributed by atoms with Crippen molar-refractivity contribution in [3.63, 3.8) is 0 Å². The molecule has 19 heavy (non-hydrogen) atoms. The van der Waals surface area contributed by atoms with Crippen LogP contribution in [0.25, 0.3) is 0 Å². The fourth-order valence-corrected chi connectivity index (χ4v) is 2.29. The molecule has 1 rings (SSSR count). The predicted molar refractivity (Wildman–Crippen MR) is 70.9 cm³/mol. The summed E-state index contributed by atoms with van der Waals surface area (Å²) in [5.41, 5.74) is 0. The zero-order valence-corrected chi connectivity index (χ0v) is 11.7. The van der Waals surface area contributed by atoms with Gasteiger partial charge in [-0.25, -0.2) is 9.59 Å². The molecule has 110 valence electrons. The van der Waals surface area contributed by atoms with Crippen LogP contribution < -0.4 is 0 Å². The first-order valence-electron chi connectivity index (χ1n) is 6.86. The summed E-state index contributed by atoms with van der Waals surface area (Å²) in [7, 11) is 1.65. The summed E-state index contributed by atoms with van der Waals surface area (Å²) < 4.78 is 0. The smallest absolute Gasteiger partial charge is 0.326 e. The normalized spacial score (nSPS) is 21.6. The Morgan fingerprint density at radius 3 is 2.63 bits per heavy atom. The van der Waals surface area contributed by atoms with Crippen LogP contribution in [0.3, 0.4) is 0 Å². The molecule has 6 nitrogen and oxygen atoms in total. The van der Waals surface area contributed by atoms with Crippen LogP contribution in [0.5, 0.6) is 0 Å². The van der Waals surface area contributed by atoms with Crippen LogP contribution in [0.2, 0.25) is 0 Å². The second-order valence-corrected chi connectivity index (χ2v) is 5.24. The lowest BCUT2D eigenvalue weighted by atomic mass is 10.1. The molecule has 0 bridgehead atoms. The molecule has 2 unspecified atom stereocenters. The number of carboxylic acids is 1. The van der Waals surface area contributed by atoms with Crippen LogP contribution in [0.4, 0.5) is 4.79 Å². The number of nitrogens with zero attached hydrogens (tertiary/aromatic N) is 2. The largest absolute Gasteiger partial charge is 0.480 e. The molecular formula is C13H24N2O4. The summed E-state index contributed by atoms with van der Waals surface area (Å²) in [6.07, 6.45) is 3.21. The van der Waals surface area contributed by atoms with Gasteiger partial charge in [-0.2, -0.15) is 0 Å². The van der Waals surface area contributed by atoms with Gasteiger partial charge in [0.1, 0.15) is 6.04 Å². The van der Waals surface area contributed by atoms with Gasteiger partial charge in [-0.15, -0.1) is 0 Å². The third-order valence-electron chi connectivity index (χ3n) is 3.49. The van der Waals surface area contributed by atoms with Crippen LogP contribution >= 0.6 is 0 Å². The van der Waals surface area contributed by atoms with Gasteiger partial charge in [-0.3, -0.25) is 0 Å². The summed E-state index contributed by atoms with van der Waals surface area (Å²) in [5.74, 6) is -0.931. The van der Waals surface area contributed by atoms with Crippen LogP contribution in [-0.2, 0) is 4.79 Å². The van der Waals surface area contributed by atoms with E-state index >= 15 is 0 Å². The standard InChI is InChI=1S/C13H24N2O4/c1-10(16)7-9-14(2)13(19)15-8-5-3-4-6-11(15)12(17)18/h10-11,16H,3-9H2,1-2H3,(H,17,18). The van der Waals surface area contributed by atoms with Crippen molar-refractivity contribution in [2.45, 2.75) is 51.2 Å². The molecule has 6 heteroatoms. The molecule has 0 aromatic heterocycles. The minimum absolute atomic E-state index is 0.255. The summed E-state index contributed by atoms with van der Waals surface area (Å²) >= 11 is 0. The molecule has 0 saturated carbocycles. The highest BCUT2D eigenvalue weighted by atomic mass is 16.4. The monoisotopic (exact) mass is 272 g/mol. The maximum absolute atomic E-state index is 12.3. The van der Waals surface area contributed by atoms with Crippen LogP contribution in [0, 0.1) is 0 Å². The number of amides is 2. The van der Waals surface area contributed by atoms with E-state index in [1.807, 2.05) is 0 Å². The van der Waals surface area contributed by atoms with E-state index in [-0.39, 0.29) is 6.03 Å². The van der Waals surface area contributed by atoms with Gasteiger partial charge in [0.05, 0.1) is 6.10 Å². The Kier molecular flexibility index (Phi) is 6.08. The first kappa shape index (κ1) is 15.8. The fraction of sp³-hybridized carbons (Fsp3) is 0.846. The minimum Gasteiger partial charge on any atom is -0.480 e. The first-order chi connectivity index (χ1) is 8.93. The highest BCUT2D eigenvalue weighted by molar-refractivity contribution is 5.82. The number of hydrogen-bond donors (Lipinski definition) is 2. The lowest BCUT2D eigenvalue weighted by Crippen LogP contribution is -2.50. The van der Waals surface area contributed by atoms with Gasteiger partial charge in [0.2, 0.25) is 0 Å². The molecule has 1 aliphatic heterocycles. The van der Waals surface area contributed by atoms with E-state index in [0.717, 1.165) is 19.3 Å². The van der Waals surface area contributed by atoms with Crippen molar-refractivity contribution in [1.29, 1.82) is 0 Å². The summed E-state index contributed by atoms with van der Waals surface area (Å²) in [5, 5.41) is 18.5. The topological polar surface area (TPSA) is 81.1 Å². The Balaban J connectivity index is 2.67. The minimum atomic E-state index is -0.931. The average Bonchev–Trinajstić information content (AvgIpc) is 2.60. The van der Waals surface area contributed by atoms with E-state index in [0.29, 0.717) is 25.9 Å². The van der Waals surface area contributed by atoms with Gasteiger partial charge < -0.3 is 20.0 Å². The van der Waals surface area contributed by atoms with E-state index in [1.54, 1.807) is 14.0 Å². The number of carbonyl (C=O) groups is 2. The summed E-state index contributed by atoms with van der Waals surface area (Å²) in [4.78, 5) is 26.5. The number of carboxylic acid groups (broad SMARTS) is 1. The maximum atomic E-state index is 12.3. The zero-order chi connectivity index (χ0) is 14.4. The highest BCUT2D eigenvalue weighted by Crippen LogP contribution is 2.18. The summed E-state index contributed by atoms with van der Waals surface area (Å²) in [6.45, 7) is 2.60. The molecule has 0 aromatic rings. The molecule has 2 amide bonds. The number of aliphatic hydroxyl groups excluding tert-OH is 1. The van der Waals surface area contributed by atoms with Crippen LogP contribution in [0.1, 0.15) is 39.0 Å². The fourth-order valence-electron chi connectivity index (χ4n) is 2.29. The molecule has 2 atom stereocenters. The van der Waals surface area contributed by atoms with E-state index in [1.165, 1.54) is 9.80 Å². The highest BCUT2D eigenvalue weighted by Gasteiger charge is 2.32. The van der Waals surface area contributed by atoms with Gasteiger partial charge in [0, 0.05) is 20.1 Å². The van der Waals surface area contributed by atoms with E-state index < -0.39 is 18.1 Å². The Labute approximate surface area is 114 Å². The lowest BCUT2D eigenvalue weighted by molar-refractivity contribution is -0.142. The quantitative estimate of drug-likeness (QED) is 0.804. The van der Waals surface area contributed by atoms with Crippen molar-refractivity contribution in [3.05, 3.63) is 0 Å². The number of likely N-dealkylation sites (tertiary alicyclic amines) is 1. The van der Waals surface area contributed by atoms with Crippen molar-refractivity contribution in [3.8, 4) is 0 Å². The Morgan fingerprint density at radius 2 is 2.05 bits per heavy atom.